The average molecular weight is 150 g/mol. The number of halogens is 1. The van der Waals surface area contributed by atoms with Crippen LogP contribution in [0.4, 0.5) is 4.39 Å². The third-order valence-electron chi connectivity index (χ3n) is 1.25. The zero-order valence-corrected chi connectivity index (χ0v) is 5.79. The maximum Gasteiger partial charge on any atom is 0.141 e. The molecule has 0 radical (unpaired) electrons. The molecule has 0 bridgehead atoms. The van der Waals surface area contributed by atoms with Crippen molar-refractivity contribution in [2.75, 3.05) is 0 Å². The van der Waals surface area contributed by atoms with Crippen LogP contribution in [0.2, 0.25) is 0 Å². The SMILES string of the molecule is C#CC(N)c1ccc(F)cn1. The Bertz CT molecular complexity index is 273. The molecule has 3 heteroatoms. The molecular formula is C8H7FN2. The lowest BCUT2D eigenvalue weighted by Gasteiger charge is -2.01. The Morgan fingerprint density at radius 2 is 2.36 bits per heavy atom. The van der Waals surface area contributed by atoms with Gasteiger partial charge in [-0.3, -0.25) is 4.98 Å². The number of terminal acetylenes is 1. The van der Waals surface area contributed by atoms with E-state index in [0.29, 0.717) is 5.69 Å². The van der Waals surface area contributed by atoms with Gasteiger partial charge < -0.3 is 5.73 Å². The standard InChI is InChI=1S/C8H7FN2/c1-2-7(10)8-4-3-6(9)5-11-8/h1,3-5,7H,10H2. The van der Waals surface area contributed by atoms with Crippen molar-refractivity contribution < 1.29 is 4.39 Å². The third-order valence-corrected chi connectivity index (χ3v) is 1.25. The second kappa shape index (κ2) is 3.13. The normalized spacial score (nSPS) is 12.1. The average Bonchev–Trinajstić information content (AvgIpc) is 2.05. The summed E-state index contributed by atoms with van der Waals surface area (Å²) in [6.07, 6.45) is 6.12. The molecule has 0 saturated heterocycles. The molecule has 1 aromatic heterocycles. The Hall–Kier alpha value is -1.40. The summed E-state index contributed by atoms with van der Waals surface area (Å²) in [4.78, 5) is 3.71. The first-order chi connectivity index (χ1) is 5.24. The number of aromatic nitrogens is 1. The predicted octanol–water partition coefficient (Wildman–Crippen LogP) is 0.854. The number of hydrogen-bond donors (Lipinski definition) is 1. The summed E-state index contributed by atoms with van der Waals surface area (Å²) in [7, 11) is 0. The Kier molecular flexibility index (Phi) is 2.19. The van der Waals surface area contributed by atoms with Crippen molar-refractivity contribution in [2.24, 2.45) is 5.73 Å². The molecule has 0 spiro atoms. The minimum atomic E-state index is -0.546. The number of rotatable bonds is 1. The highest BCUT2D eigenvalue weighted by Gasteiger charge is 2.01. The maximum atomic E-state index is 12.3. The molecule has 56 valence electrons. The predicted molar refractivity (Wildman–Crippen MR) is 40.0 cm³/mol. The van der Waals surface area contributed by atoms with Gasteiger partial charge in [0.25, 0.3) is 0 Å². The van der Waals surface area contributed by atoms with Crippen molar-refractivity contribution in [3.8, 4) is 12.3 Å². The first-order valence-corrected chi connectivity index (χ1v) is 3.07. The van der Waals surface area contributed by atoms with Crippen LogP contribution in [0.1, 0.15) is 11.7 Å². The summed E-state index contributed by atoms with van der Waals surface area (Å²) in [6, 6.07) is 2.20. The second-order valence-corrected chi connectivity index (χ2v) is 2.05. The minimum absolute atomic E-state index is 0.391. The van der Waals surface area contributed by atoms with Crippen LogP contribution >= 0.6 is 0 Å². The zero-order chi connectivity index (χ0) is 8.27. The molecule has 0 amide bonds. The topological polar surface area (TPSA) is 38.9 Å². The Morgan fingerprint density at radius 1 is 1.64 bits per heavy atom. The van der Waals surface area contributed by atoms with E-state index < -0.39 is 11.9 Å². The van der Waals surface area contributed by atoms with Gasteiger partial charge in [-0.15, -0.1) is 6.42 Å². The molecule has 0 aliphatic rings. The second-order valence-electron chi connectivity index (χ2n) is 2.05. The summed E-state index contributed by atoms with van der Waals surface area (Å²) >= 11 is 0. The van der Waals surface area contributed by atoms with Crippen LogP contribution in [0.5, 0.6) is 0 Å². The molecule has 1 aromatic rings. The first-order valence-electron chi connectivity index (χ1n) is 3.07. The molecular weight excluding hydrogens is 143 g/mol. The highest BCUT2D eigenvalue weighted by molar-refractivity contribution is 5.17. The van der Waals surface area contributed by atoms with Crippen molar-refractivity contribution in [1.29, 1.82) is 0 Å². The molecule has 1 atom stereocenters. The first kappa shape index (κ1) is 7.70. The van der Waals surface area contributed by atoms with E-state index in [9.17, 15) is 4.39 Å². The van der Waals surface area contributed by atoms with E-state index in [1.54, 1.807) is 0 Å². The molecule has 2 nitrogen and oxygen atoms in total. The fraction of sp³-hybridized carbons (Fsp3) is 0.125. The monoisotopic (exact) mass is 150 g/mol. The maximum absolute atomic E-state index is 12.3. The van der Waals surface area contributed by atoms with E-state index >= 15 is 0 Å². The summed E-state index contributed by atoms with van der Waals surface area (Å²) < 4.78 is 12.3. The van der Waals surface area contributed by atoms with E-state index in [-0.39, 0.29) is 0 Å². The van der Waals surface area contributed by atoms with Crippen molar-refractivity contribution in [2.45, 2.75) is 6.04 Å². The van der Waals surface area contributed by atoms with Crippen molar-refractivity contribution in [1.82, 2.24) is 4.98 Å². The molecule has 11 heavy (non-hydrogen) atoms. The van der Waals surface area contributed by atoms with Gasteiger partial charge in [0.2, 0.25) is 0 Å². The Balaban J connectivity index is 2.92. The molecule has 0 aliphatic heterocycles. The van der Waals surface area contributed by atoms with Crippen LogP contribution in [0.25, 0.3) is 0 Å². The van der Waals surface area contributed by atoms with Gasteiger partial charge in [0.05, 0.1) is 11.9 Å². The lowest BCUT2D eigenvalue weighted by atomic mass is 10.2. The van der Waals surface area contributed by atoms with Crippen LogP contribution in [0.3, 0.4) is 0 Å². The van der Waals surface area contributed by atoms with E-state index in [4.69, 9.17) is 12.2 Å². The van der Waals surface area contributed by atoms with Gasteiger partial charge in [0.1, 0.15) is 11.9 Å². The van der Waals surface area contributed by atoms with Gasteiger partial charge in [0.15, 0.2) is 0 Å². The van der Waals surface area contributed by atoms with E-state index in [1.807, 2.05) is 0 Å². The highest BCUT2D eigenvalue weighted by atomic mass is 19.1. The van der Waals surface area contributed by atoms with Crippen molar-refractivity contribution in [3.05, 3.63) is 29.8 Å². The zero-order valence-electron chi connectivity index (χ0n) is 5.79. The molecule has 1 unspecified atom stereocenters. The van der Waals surface area contributed by atoms with Crippen molar-refractivity contribution >= 4 is 0 Å². The van der Waals surface area contributed by atoms with E-state index in [1.165, 1.54) is 12.1 Å². The number of hydrogen-bond acceptors (Lipinski definition) is 2. The summed E-state index contributed by atoms with van der Waals surface area (Å²) in [5, 5.41) is 0. The molecule has 1 heterocycles. The Labute approximate surface area is 64.3 Å². The smallest absolute Gasteiger partial charge is 0.141 e. The van der Waals surface area contributed by atoms with Crippen molar-refractivity contribution in [3.63, 3.8) is 0 Å². The fourth-order valence-electron chi connectivity index (χ4n) is 0.657. The quantitative estimate of drug-likeness (QED) is 0.603. The summed E-state index contributed by atoms with van der Waals surface area (Å²) in [5.74, 6) is 1.90. The summed E-state index contributed by atoms with van der Waals surface area (Å²) in [5.41, 5.74) is 5.93. The highest BCUT2D eigenvalue weighted by Crippen LogP contribution is 2.05. The molecule has 1 rings (SSSR count). The number of nitrogens with two attached hydrogens (primary N) is 1. The van der Waals surface area contributed by atoms with Gasteiger partial charge in [0, 0.05) is 0 Å². The van der Waals surface area contributed by atoms with Gasteiger partial charge in [-0.1, -0.05) is 5.92 Å². The van der Waals surface area contributed by atoms with Crippen LogP contribution in [0.15, 0.2) is 18.3 Å². The van der Waals surface area contributed by atoms with E-state index in [2.05, 4.69) is 10.9 Å². The fourth-order valence-corrected chi connectivity index (χ4v) is 0.657. The largest absolute Gasteiger partial charge is 0.313 e. The van der Waals surface area contributed by atoms with Crippen LogP contribution in [-0.4, -0.2) is 4.98 Å². The number of nitrogens with zero attached hydrogens (tertiary/aromatic N) is 1. The van der Waals surface area contributed by atoms with E-state index in [0.717, 1.165) is 6.20 Å². The van der Waals surface area contributed by atoms with Gasteiger partial charge >= 0.3 is 0 Å². The molecule has 0 aliphatic carbocycles. The van der Waals surface area contributed by atoms with Gasteiger partial charge in [-0.05, 0) is 12.1 Å². The number of pyridine rings is 1. The summed E-state index contributed by atoms with van der Waals surface area (Å²) in [6.45, 7) is 0. The molecule has 0 saturated carbocycles. The van der Waals surface area contributed by atoms with Crippen LogP contribution in [-0.2, 0) is 0 Å². The Morgan fingerprint density at radius 3 is 2.82 bits per heavy atom. The molecule has 0 aromatic carbocycles. The lowest BCUT2D eigenvalue weighted by molar-refractivity contribution is 0.618. The van der Waals surface area contributed by atoms with Gasteiger partial charge in [-0.25, -0.2) is 4.39 Å². The van der Waals surface area contributed by atoms with Crippen LogP contribution in [0, 0.1) is 18.2 Å². The van der Waals surface area contributed by atoms with Gasteiger partial charge in [-0.2, -0.15) is 0 Å². The lowest BCUT2D eigenvalue weighted by Crippen LogP contribution is -2.08. The van der Waals surface area contributed by atoms with Crippen LogP contribution < -0.4 is 5.73 Å². The molecule has 2 N–H and O–H groups in total. The minimum Gasteiger partial charge on any atom is -0.313 e. The third kappa shape index (κ3) is 1.76. The molecule has 0 fully saturated rings.